The van der Waals surface area contributed by atoms with Gasteiger partial charge in [0.05, 0.1) is 31.2 Å². The summed E-state index contributed by atoms with van der Waals surface area (Å²) in [6.07, 6.45) is 1.54. The highest BCUT2D eigenvalue weighted by Crippen LogP contribution is 2.55. The van der Waals surface area contributed by atoms with Crippen LogP contribution in [0.4, 0.5) is 15.8 Å². The summed E-state index contributed by atoms with van der Waals surface area (Å²) in [6, 6.07) is 9.97. The van der Waals surface area contributed by atoms with Crippen LogP contribution >= 0.6 is 23.2 Å². The molecule has 2 amide bonds. The summed E-state index contributed by atoms with van der Waals surface area (Å²) in [6.45, 7) is 3.81. The van der Waals surface area contributed by atoms with Crippen LogP contribution in [0.25, 0.3) is 11.4 Å². The van der Waals surface area contributed by atoms with Crippen molar-refractivity contribution in [2.45, 2.75) is 25.4 Å². The van der Waals surface area contributed by atoms with Gasteiger partial charge in [0.1, 0.15) is 17.4 Å². The number of hydrogen-bond acceptors (Lipinski definition) is 6. The molecule has 4 aromatic rings. The molecule has 0 aliphatic carbocycles. The molecule has 0 bridgehead atoms. The number of pyridine rings is 1. The van der Waals surface area contributed by atoms with E-state index in [1.165, 1.54) is 31.4 Å². The van der Waals surface area contributed by atoms with Crippen LogP contribution in [0.5, 0.6) is 11.6 Å². The van der Waals surface area contributed by atoms with Crippen molar-refractivity contribution in [2.24, 2.45) is 0 Å². The molecule has 204 valence electrons. The maximum Gasteiger partial charge on any atom is 0.280 e. The zero-order valence-corrected chi connectivity index (χ0v) is 23.3. The smallest absolute Gasteiger partial charge is 0.280 e. The van der Waals surface area contributed by atoms with Crippen LogP contribution in [-0.2, 0) is 10.3 Å². The van der Waals surface area contributed by atoms with E-state index in [1.54, 1.807) is 24.3 Å². The van der Waals surface area contributed by atoms with E-state index in [0.29, 0.717) is 45.0 Å². The highest BCUT2D eigenvalue weighted by atomic mass is 35.5. The van der Waals surface area contributed by atoms with Gasteiger partial charge in [-0.2, -0.15) is 0 Å². The number of anilines is 2. The van der Waals surface area contributed by atoms with Crippen LogP contribution in [0.15, 0.2) is 48.7 Å². The largest absolute Gasteiger partial charge is 0.496 e. The number of carbonyl (C=O) groups excluding carboxylic acids is 2. The first-order chi connectivity index (χ1) is 19.1. The SMILES string of the molecule is COc1cc(OC)c(-c2nc3c(n2C(C)C)[C@]2(C(=O)Nc4cc(Cl)ccc42)N(c2cc(F)cc(Cl)c2)C3=O)cn1. The van der Waals surface area contributed by atoms with E-state index in [0.717, 1.165) is 12.1 Å². The van der Waals surface area contributed by atoms with Gasteiger partial charge in [-0.3, -0.25) is 14.5 Å². The van der Waals surface area contributed by atoms with Crippen molar-refractivity contribution >= 4 is 46.4 Å². The summed E-state index contributed by atoms with van der Waals surface area (Å²) >= 11 is 12.5. The van der Waals surface area contributed by atoms with E-state index in [2.05, 4.69) is 10.3 Å². The minimum absolute atomic E-state index is 0.0277. The quantitative estimate of drug-likeness (QED) is 0.317. The van der Waals surface area contributed by atoms with Crippen LogP contribution in [-0.4, -0.2) is 40.6 Å². The number of imidazole rings is 1. The third-order valence-corrected chi connectivity index (χ3v) is 7.53. The Hall–Kier alpha value is -4.15. The van der Waals surface area contributed by atoms with E-state index in [9.17, 15) is 14.0 Å². The van der Waals surface area contributed by atoms with Gasteiger partial charge < -0.3 is 19.4 Å². The number of halogens is 3. The maximum absolute atomic E-state index is 14.6. The summed E-state index contributed by atoms with van der Waals surface area (Å²) in [5.41, 5.74) is 0.0803. The van der Waals surface area contributed by atoms with Crippen molar-refractivity contribution in [1.82, 2.24) is 14.5 Å². The fourth-order valence-electron chi connectivity index (χ4n) is 5.56. The fraction of sp³-hybridized carbons (Fsp3) is 0.214. The number of nitrogens with one attached hydrogen (secondary N) is 1. The molecule has 2 aliphatic heterocycles. The molecule has 0 fully saturated rings. The number of aromatic nitrogens is 3. The molecule has 0 radical (unpaired) electrons. The van der Waals surface area contributed by atoms with Crippen molar-refractivity contribution in [1.29, 1.82) is 0 Å². The summed E-state index contributed by atoms with van der Waals surface area (Å²) in [5.74, 6) is -0.673. The molecule has 2 aliphatic rings. The van der Waals surface area contributed by atoms with Gasteiger partial charge in [-0.15, -0.1) is 0 Å². The first-order valence-corrected chi connectivity index (χ1v) is 13.0. The van der Waals surface area contributed by atoms with Gasteiger partial charge in [-0.05, 0) is 44.2 Å². The van der Waals surface area contributed by atoms with Crippen LogP contribution in [0.1, 0.15) is 41.6 Å². The Kier molecular flexibility index (Phi) is 6.01. The van der Waals surface area contributed by atoms with Crippen LogP contribution in [0, 0.1) is 5.82 Å². The Bertz CT molecular complexity index is 1720. The number of hydrogen-bond donors (Lipinski definition) is 1. The van der Waals surface area contributed by atoms with Gasteiger partial charge in [0.2, 0.25) is 5.88 Å². The van der Waals surface area contributed by atoms with Crippen molar-refractivity contribution in [3.63, 3.8) is 0 Å². The Morgan fingerprint density at radius 1 is 1.02 bits per heavy atom. The number of rotatable bonds is 5. The molecule has 2 aromatic heterocycles. The number of carbonyl (C=O) groups is 2. The number of benzene rings is 2. The molecular formula is C28H22Cl2FN5O4. The Balaban J connectivity index is 1.72. The topological polar surface area (TPSA) is 98.6 Å². The third-order valence-electron chi connectivity index (χ3n) is 7.08. The van der Waals surface area contributed by atoms with Crippen molar-refractivity contribution < 1.29 is 23.5 Å². The average Bonchev–Trinajstić information content (AvgIpc) is 3.51. The standard InChI is InChI=1S/C28H22Cl2FN5O4/c1-13(2)35-24-23(34-25(35)18-12-32-22(40-4)11-21(18)39-3)26(37)36(17-8-15(30)7-16(31)10-17)28(24)19-6-5-14(29)9-20(19)33-27(28)38/h5-13H,1-4H3,(H,33,38)/t28-/m1/s1. The summed E-state index contributed by atoms with van der Waals surface area (Å²) in [7, 11) is 2.99. The van der Waals surface area contributed by atoms with E-state index in [4.69, 9.17) is 37.7 Å². The van der Waals surface area contributed by atoms with Gasteiger partial charge in [0, 0.05) is 39.6 Å². The first-order valence-electron chi connectivity index (χ1n) is 12.2. The van der Waals surface area contributed by atoms with Crippen molar-refractivity contribution in [3.05, 3.63) is 81.5 Å². The van der Waals surface area contributed by atoms with Gasteiger partial charge in [0.25, 0.3) is 11.8 Å². The van der Waals surface area contributed by atoms with Gasteiger partial charge in [-0.25, -0.2) is 14.4 Å². The van der Waals surface area contributed by atoms with Crippen LogP contribution < -0.4 is 19.7 Å². The zero-order valence-electron chi connectivity index (χ0n) is 21.8. The van der Waals surface area contributed by atoms with Gasteiger partial charge in [-0.1, -0.05) is 29.3 Å². The maximum atomic E-state index is 14.6. The molecule has 6 rings (SSSR count). The first kappa shape index (κ1) is 26.1. The second kappa shape index (κ2) is 9.21. The summed E-state index contributed by atoms with van der Waals surface area (Å²) < 4.78 is 27.3. The lowest BCUT2D eigenvalue weighted by atomic mass is 9.87. The lowest BCUT2D eigenvalue weighted by Gasteiger charge is -2.35. The fourth-order valence-corrected chi connectivity index (χ4v) is 5.95. The Labute approximate surface area is 238 Å². The average molecular weight is 582 g/mol. The van der Waals surface area contributed by atoms with Crippen molar-refractivity contribution in [3.8, 4) is 23.0 Å². The highest BCUT2D eigenvalue weighted by Gasteiger charge is 2.64. The Morgan fingerprint density at radius 3 is 2.48 bits per heavy atom. The highest BCUT2D eigenvalue weighted by molar-refractivity contribution is 6.32. The minimum Gasteiger partial charge on any atom is -0.496 e. The summed E-state index contributed by atoms with van der Waals surface area (Å²) in [5, 5.41) is 3.34. The molecule has 40 heavy (non-hydrogen) atoms. The molecule has 1 atom stereocenters. The number of ether oxygens (including phenoxy) is 2. The molecule has 0 saturated carbocycles. The van der Waals surface area contributed by atoms with E-state index >= 15 is 0 Å². The minimum atomic E-state index is -1.74. The predicted molar refractivity (Wildman–Crippen MR) is 148 cm³/mol. The summed E-state index contributed by atoms with van der Waals surface area (Å²) in [4.78, 5) is 38.8. The lowest BCUT2D eigenvalue weighted by Crippen LogP contribution is -2.51. The zero-order chi connectivity index (χ0) is 28.5. The molecule has 12 heteroatoms. The molecule has 0 saturated heterocycles. The number of amides is 2. The molecular weight excluding hydrogens is 560 g/mol. The normalized spacial score (nSPS) is 17.4. The van der Waals surface area contributed by atoms with Gasteiger partial charge >= 0.3 is 0 Å². The third kappa shape index (κ3) is 3.52. The van der Waals surface area contributed by atoms with Crippen LogP contribution in [0.2, 0.25) is 10.0 Å². The van der Waals surface area contributed by atoms with E-state index in [-0.39, 0.29) is 22.4 Å². The number of nitrogens with zero attached hydrogens (tertiary/aromatic N) is 4. The monoisotopic (exact) mass is 581 g/mol. The molecule has 9 nitrogen and oxygen atoms in total. The van der Waals surface area contributed by atoms with Crippen molar-refractivity contribution in [2.75, 3.05) is 24.4 Å². The number of fused-ring (bicyclic) bond motifs is 4. The molecule has 2 aromatic carbocycles. The molecule has 1 spiro atoms. The van der Waals surface area contributed by atoms with Gasteiger partial charge in [0.15, 0.2) is 11.2 Å². The lowest BCUT2D eigenvalue weighted by molar-refractivity contribution is -0.119. The predicted octanol–water partition coefficient (Wildman–Crippen LogP) is 5.85. The van der Waals surface area contributed by atoms with E-state index in [1.807, 2.05) is 18.4 Å². The molecule has 0 unspecified atom stereocenters. The van der Waals surface area contributed by atoms with Crippen LogP contribution in [0.3, 0.4) is 0 Å². The second-order valence-corrected chi connectivity index (χ2v) is 10.5. The second-order valence-electron chi connectivity index (χ2n) is 9.65. The molecule has 4 heterocycles. The molecule has 1 N–H and O–H groups in total. The van der Waals surface area contributed by atoms with E-state index < -0.39 is 23.2 Å². The number of methoxy groups -OCH3 is 2. The Morgan fingerprint density at radius 2 is 1.80 bits per heavy atom.